The molecule has 0 aliphatic carbocycles. The van der Waals surface area contributed by atoms with Crippen LogP contribution < -0.4 is 0 Å². The van der Waals surface area contributed by atoms with E-state index in [2.05, 4.69) is 24.2 Å². The van der Waals surface area contributed by atoms with Gasteiger partial charge in [-0.1, -0.05) is 42.4 Å². The Kier molecular flexibility index (Phi) is 3.45. The lowest BCUT2D eigenvalue weighted by molar-refractivity contribution is 0.689. The van der Waals surface area contributed by atoms with E-state index in [1.54, 1.807) is 0 Å². The van der Waals surface area contributed by atoms with E-state index < -0.39 is 0 Å². The van der Waals surface area contributed by atoms with Crippen molar-refractivity contribution in [1.29, 1.82) is 0 Å². The minimum Gasteiger partial charge on any atom is -0.151 e. The number of nitroso groups, excluding NO2 is 1. The van der Waals surface area contributed by atoms with Crippen molar-refractivity contribution in [3.63, 3.8) is 0 Å². The van der Waals surface area contributed by atoms with Gasteiger partial charge in [0.25, 0.3) is 0 Å². The highest BCUT2D eigenvalue weighted by atomic mass is 16.3. The molecule has 0 saturated heterocycles. The predicted molar refractivity (Wildman–Crippen MR) is 50.1 cm³/mol. The van der Waals surface area contributed by atoms with Crippen LogP contribution in [0.3, 0.4) is 0 Å². The molecule has 0 saturated carbocycles. The van der Waals surface area contributed by atoms with E-state index in [-0.39, 0.29) is 0 Å². The van der Waals surface area contributed by atoms with Gasteiger partial charge >= 0.3 is 0 Å². The van der Waals surface area contributed by atoms with Gasteiger partial charge < -0.3 is 0 Å². The zero-order valence-electron chi connectivity index (χ0n) is 7.23. The molecule has 1 aromatic rings. The van der Waals surface area contributed by atoms with E-state index in [0.29, 0.717) is 12.5 Å². The van der Waals surface area contributed by atoms with Crippen LogP contribution in [0.5, 0.6) is 0 Å². The summed E-state index contributed by atoms with van der Waals surface area (Å²) in [6, 6.07) is 10.2. The monoisotopic (exact) mass is 163 g/mol. The molecule has 0 bridgehead atoms. The molecule has 0 aliphatic heterocycles. The molecule has 0 amide bonds. The van der Waals surface area contributed by atoms with Crippen molar-refractivity contribution >= 4 is 0 Å². The highest BCUT2D eigenvalue weighted by Gasteiger charge is 2.03. The van der Waals surface area contributed by atoms with Crippen LogP contribution in [0.15, 0.2) is 35.5 Å². The lowest BCUT2D eigenvalue weighted by Crippen LogP contribution is -1.94. The first-order valence-corrected chi connectivity index (χ1v) is 4.18. The zero-order chi connectivity index (χ0) is 8.81. The van der Waals surface area contributed by atoms with Crippen molar-refractivity contribution in [2.24, 2.45) is 5.18 Å². The molecule has 1 rings (SSSR count). The van der Waals surface area contributed by atoms with Gasteiger partial charge in [-0.15, -0.1) is 0 Å². The molecule has 0 N–H and O–H groups in total. The van der Waals surface area contributed by atoms with Gasteiger partial charge in [0.2, 0.25) is 0 Å². The van der Waals surface area contributed by atoms with Crippen LogP contribution in [-0.2, 0) is 0 Å². The third-order valence-electron chi connectivity index (χ3n) is 2.02. The Bertz CT molecular complexity index is 233. The molecule has 2 heteroatoms. The average Bonchev–Trinajstić information content (AvgIpc) is 2.15. The summed E-state index contributed by atoms with van der Waals surface area (Å²) in [6.07, 6.45) is 0.841. The minimum absolute atomic E-state index is 0.413. The van der Waals surface area contributed by atoms with Gasteiger partial charge in [0.1, 0.15) is 0 Å². The summed E-state index contributed by atoms with van der Waals surface area (Å²) in [6.45, 7) is 2.52. The summed E-state index contributed by atoms with van der Waals surface area (Å²) in [5.41, 5.74) is 1.28. The minimum atomic E-state index is 0.413. The second-order valence-corrected chi connectivity index (χ2v) is 2.95. The maximum Gasteiger partial charge on any atom is 0.0816 e. The second-order valence-electron chi connectivity index (χ2n) is 2.95. The Morgan fingerprint density at radius 1 is 1.33 bits per heavy atom. The highest BCUT2D eigenvalue weighted by Crippen LogP contribution is 2.17. The quantitative estimate of drug-likeness (QED) is 0.627. The fourth-order valence-corrected chi connectivity index (χ4v) is 1.19. The zero-order valence-corrected chi connectivity index (χ0v) is 7.23. The SMILES string of the molecule is CC(CCN=O)c1ccccc1. The van der Waals surface area contributed by atoms with Crippen molar-refractivity contribution in [2.45, 2.75) is 19.3 Å². The van der Waals surface area contributed by atoms with Crippen LogP contribution in [-0.4, -0.2) is 6.54 Å². The van der Waals surface area contributed by atoms with E-state index in [1.807, 2.05) is 18.2 Å². The van der Waals surface area contributed by atoms with Crippen molar-refractivity contribution in [1.82, 2.24) is 0 Å². The van der Waals surface area contributed by atoms with Gasteiger partial charge in [-0.2, -0.15) is 4.91 Å². The smallest absolute Gasteiger partial charge is 0.0816 e. The van der Waals surface area contributed by atoms with Gasteiger partial charge in [-0.3, -0.25) is 0 Å². The molecule has 12 heavy (non-hydrogen) atoms. The van der Waals surface area contributed by atoms with Crippen LogP contribution >= 0.6 is 0 Å². The fourth-order valence-electron chi connectivity index (χ4n) is 1.19. The average molecular weight is 163 g/mol. The number of nitrogens with zero attached hydrogens (tertiary/aromatic N) is 1. The third kappa shape index (κ3) is 2.46. The molecule has 0 radical (unpaired) electrons. The predicted octanol–water partition coefficient (Wildman–Crippen LogP) is 2.95. The third-order valence-corrected chi connectivity index (χ3v) is 2.02. The maximum atomic E-state index is 9.89. The molecule has 64 valence electrons. The Labute approximate surface area is 72.6 Å². The standard InChI is InChI=1S/C10H13NO/c1-9(7-8-11-12)10-5-3-2-4-6-10/h2-6,9H,7-8H2,1H3. The molecule has 1 aromatic carbocycles. The Hall–Kier alpha value is -1.18. The summed E-state index contributed by atoms with van der Waals surface area (Å²) >= 11 is 0. The van der Waals surface area contributed by atoms with E-state index in [0.717, 1.165) is 6.42 Å². The van der Waals surface area contributed by atoms with Crippen LogP contribution in [0.1, 0.15) is 24.8 Å². The summed E-state index contributed by atoms with van der Waals surface area (Å²) in [7, 11) is 0. The first-order chi connectivity index (χ1) is 5.84. The molecular weight excluding hydrogens is 150 g/mol. The molecular formula is C10H13NO. The van der Waals surface area contributed by atoms with Crippen molar-refractivity contribution in [2.75, 3.05) is 6.54 Å². The van der Waals surface area contributed by atoms with E-state index in [4.69, 9.17) is 0 Å². The Morgan fingerprint density at radius 3 is 2.58 bits per heavy atom. The highest BCUT2D eigenvalue weighted by molar-refractivity contribution is 5.18. The normalized spacial score (nSPS) is 12.4. The van der Waals surface area contributed by atoms with Crippen LogP contribution in [0.2, 0.25) is 0 Å². The molecule has 2 nitrogen and oxygen atoms in total. The fraction of sp³-hybridized carbons (Fsp3) is 0.400. The van der Waals surface area contributed by atoms with Gasteiger partial charge in [-0.05, 0) is 17.9 Å². The van der Waals surface area contributed by atoms with Crippen molar-refractivity contribution in [3.8, 4) is 0 Å². The van der Waals surface area contributed by atoms with Crippen LogP contribution in [0.4, 0.5) is 0 Å². The van der Waals surface area contributed by atoms with Crippen LogP contribution in [0, 0.1) is 4.91 Å². The van der Waals surface area contributed by atoms with Crippen molar-refractivity contribution < 1.29 is 0 Å². The van der Waals surface area contributed by atoms with Gasteiger partial charge in [0.15, 0.2) is 0 Å². The molecule has 0 spiro atoms. The molecule has 1 unspecified atom stereocenters. The largest absolute Gasteiger partial charge is 0.151 e. The van der Waals surface area contributed by atoms with E-state index >= 15 is 0 Å². The second kappa shape index (κ2) is 4.65. The molecule has 0 heterocycles. The number of hydrogen-bond donors (Lipinski definition) is 0. The lowest BCUT2D eigenvalue weighted by atomic mass is 9.98. The first kappa shape index (κ1) is 8.91. The van der Waals surface area contributed by atoms with Crippen molar-refractivity contribution in [3.05, 3.63) is 40.8 Å². The maximum absolute atomic E-state index is 9.89. The molecule has 0 fully saturated rings. The molecule has 1 atom stereocenters. The number of benzene rings is 1. The van der Waals surface area contributed by atoms with E-state index in [9.17, 15) is 4.91 Å². The Morgan fingerprint density at radius 2 is 2.00 bits per heavy atom. The summed E-state index contributed by atoms with van der Waals surface area (Å²) in [5.74, 6) is 0.434. The summed E-state index contributed by atoms with van der Waals surface area (Å²) in [5, 5.41) is 2.85. The topological polar surface area (TPSA) is 29.4 Å². The van der Waals surface area contributed by atoms with E-state index in [1.165, 1.54) is 5.56 Å². The molecule has 0 aromatic heterocycles. The summed E-state index contributed by atoms with van der Waals surface area (Å²) in [4.78, 5) is 9.89. The lowest BCUT2D eigenvalue weighted by Gasteiger charge is -2.08. The van der Waals surface area contributed by atoms with Crippen LogP contribution in [0.25, 0.3) is 0 Å². The molecule has 0 aliphatic rings. The summed E-state index contributed by atoms with van der Waals surface area (Å²) < 4.78 is 0. The van der Waals surface area contributed by atoms with Gasteiger partial charge in [0.05, 0.1) is 6.54 Å². The Balaban J connectivity index is 2.53. The first-order valence-electron chi connectivity index (χ1n) is 4.18. The van der Waals surface area contributed by atoms with Gasteiger partial charge in [0, 0.05) is 0 Å². The number of rotatable bonds is 4. The van der Waals surface area contributed by atoms with Gasteiger partial charge in [-0.25, -0.2) is 0 Å². The number of hydrogen-bond acceptors (Lipinski definition) is 2.